The molecule has 0 saturated carbocycles. The van der Waals surface area contributed by atoms with Crippen molar-refractivity contribution in [3.05, 3.63) is 83.9 Å². The highest BCUT2D eigenvalue weighted by Gasteiger charge is 2.10. The third-order valence-corrected chi connectivity index (χ3v) is 4.72. The van der Waals surface area contributed by atoms with Gasteiger partial charge in [0.05, 0.1) is 0 Å². The van der Waals surface area contributed by atoms with E-state index in [1.807, 2.05) is 0 Å². The summed E-state index contributed by atoms with van der Waals surface area (Å²) in [4.78, 5) is 23.7. The first-order chi connectivity index (χ1) is 15.8. The van der Waals surface area contributed by atoms with Crippen LogP contribution in [0.4, 0.5) is 17.6 Å². The maximum atomic E-state index is 13.4. The third kappa shape index (κ3) is 7.17. The maximum absolute atomic E-state index is 13.4. The van der Waals surface area contributed by atoms with Crippen LogP contribution in [0.1, 0.15) is 32.1 Å². The van der Waals surface area contributed by atoms with Crippen LogP contribution in [0.3, 0.4) is 0 Å². The smallest absolute Gasteiger partial charge is 0.311 e. The van der Waals surface area contributed by atoms with Gasteiger partial charge in [0.2, 0.25) is 0 Å². The van der Waals surface area contributed by atoms with Crippen molar-refractivity contribution in [2.75, 3.05) is 0 Å². The molecule has 0 aliphatic heterocycles. The highest BCUT2D eigenvalue weighted by molar-refractivity contribution is 5.73. The zero-order chi connectivity index (χ0) is 23.8. The van der Waals surface area contributed by atoms with Gasteiger partial charge in [-0.1, -0.05) is 24.6 Å². The van der Waals surface area contributed by atoms with Crippen molar-refractivity contribution < 1.29 is 36.6 Å². The highest BCUT2D eigenvalue weighted by atomic mass is 19.2. The van der Waals surface area contributed by atoms with Gasteiger partial charge in [-0.25, -0.2) is 17.6 Å². The lowest BCUT2D eigenvalue weighted by Gasteiger charge is -2.07. The number of esters is 2. The fourth-order valence-corrected chi connectivity index (χ4v) is 3.01. The molecule has 172 valence electrons. The third-order valence-electron chi connectivity index (χ3n) is 4.72. The van der Waals surface area contributed by atoms with Crippen molar-refractivity contribution in [3.8, 4) is 22.6 Å². The number of carbonyl (C=O) groups excluding carboxylic acids is 2. The Bertz CT molecular complexity index is 1130. The number of halogens is 4. The van der Waals surface area contributed by atoms with Crippen LogP contribution in [0.25, 0.3) is 11.1 Å². The first kappa shape index (κ1) is 24.0. The van der Waals surface area contributed by atoms with Gasteiger partial charge in [0.15, 0.2) is 23.3 Å². The van der Waals surface area contributed by atoms with Gasteiger partial charge in [0.25, 0.3) is 0 Å². The lowest BCUT2D eigenvalue weighted by Crippen LogP contribution is -2.09. The zero-order valence-electron chi connectivity index (χ0n) is 17.5. The molecule has 0 aliphatic rings. The molecule has 0 spiro atoms. The first-order valence-corrected chi connectivity index (χ1v) is 10.2. The van der Waals surface area contributed by atoms with Crippen LogP contribution in [-0.2, 0) is 9.59 Å². The largest absolute Gasteiger partial charge is 0.427 e. The van der Waals surface area contributed by atoms with E-state index in [0.29, 0.717) is 36.1 Å². The van der Waals surface area contributed by atoms with E-state index in [0.717, 1.165) is 30.3 Å². The Morgan fingerprint density at radius 2 is 1.03 bits per heavy atom. The fourth-order valence-electron chi connectivity index (χ4n) is 3.01. The Morgan fingerprint density at radius 3 is 1.61 bits per heavy atom. The Labute approximate surface area is 187 Å². The molecule has 0 bridgehead atoms. The van der Waals surface area contributed by atoms with Crippen LogP contribution in [0.5, 0.6) is 11.5 Å². The molecule has 3 rings (SSSR count). The van der Waals surface area contributed by atoms with Gasteiger partial charge in [-0.15, -0.1) is 0 Å². The van der Waals surface area contributed by atoms with Crippen LogP contribution >= 0.6 is 0 Å². The molecule has 0 amide bonds. The van der Waals surface area contributed by atoms with E-state index in [1.54, 1.807) is 24.3 Å². The topological polar surface area (TPSA) is 52.6 Å². The summed E-state index contributed by atoms with van der Waals surface area (Å²) in [5.74, 6) is -4.77. The minimum atomic E-state index is -1.10. The van der Waals surface area contributed by atoms with E-state index in [9.17, 15) is 27.2 Å². The molecule has 8 heteroatoms. The quantitative estimate of drug-likeness (QED) is 0.161. The predicted molar refractivity (Wildman–Crippen MR) is 113 cm³/mol. The van der Waals surface area contributed by atoms with Gasteiger partial charge < -0.3 is 9.47 Å². The van der Waals surface area contributed by atoms with Gasteiger partial charge in [-0.2, -0.15) is 0 Å². The number of benzene rings is 3. The van der Waals surface area contributed by atoms with Crippen LogP contribution in [0.15, 0.2) is 60.7 Å². The summed E-state index contributed by atoms with van der Waals surface area (Å²) in [5, 5.41) is 0. The first-order valence-electron chi connectivity index (χ1n) is 10.2. The van der Waals surface area contributed by atoms with Crippen molar-refractivity contribution in [2.45, 2.75) is 32.1 Å². The lowest BCUT2D eigenvalue weighted by atomic mass is 10.1. The minimum Gasteiger partial charge on any atom is -0.427 e. The van der Waals surface area contributed by atoms with Crippen molar-refractivity contribution in [2.24, 2.45) is 0 Å². The lowest BCUT2D eigenvalue weighted by molar-refractivity contribution is -0.134. The summed E-state index contributed by atoms with van der Waals surface area (Å²) in [6, 6.07) is 12.8. The van der Waals surface area contributed by atoms with Crippen LogP contribution in [-0.4, -0.2) is 11.9 Å². The molecule has 4 nitrogen and oxygen atoms in total. The molecule has 0 atom stereocenters. The summed E-state index contributed by atoms with van der Waals surface area (Å²) in [6.07, 6.45) is 1.72. The van der Waals surface area contributed by atoms with Crippen molar-refractivity contribution >= 4 is 11.9 Å². The predicted octanol–water partition coefficient (Wildman–Crippen LogP) is 6.37. The molecule has 0 saturated heterocycles. The fraction of sp³-hybridized carbons (Fsp3) is 0.200. The van der Waals surface area contributed by atoms with E-state index >= 15 is 0 Å². The molecule has 0 aromatic heterocycles. The van der Waals surface area contributed by atoms with Gasteiger partial charge in [0, 0.05) is 18.9 Å². The Hall–Kier alpha value is -3.68. The van der Waals surface area contributed by atoms with E-state index in [-0.39, 0.29) is 18.6 Å². The number of rotatable bonds is 9. The molecular formula is C25H20F4O4. The number of ether oxygens (including phenoxy) is 2. The molecule has 0 radical (unpaired) electrons. The van der Waals surface area contributed by atoms with Crippen molar-refractivity contribution in [3.63, 3.8) is 0 Å². The van der Waals surface area contributed by atoms with Gasteiger partial charge in [-0.05, 0) is 60.4 Å². The molecule has 3 aromatic carbocycles. The molecule has 0 aliphatic carbocycles. The van der Waals surface area contributed by atoms with Crippen LogP contribution < -0.4 is 9.47 Å². The Kier molecular flexibility index (Phi) is 8.18. The zero-order valence-corrected chi connectivity index (χ0v) is 17.5. The summed E-state index contributed by atoms with van der Waals surface area (Å²) in [7, 11) is 0. The molecular weight excluding hydrogens is 440 g/mol. The van der Waals surface area contributed by atoms with Gasteiger partial charge in [0.1, 0.15) is 11.5 Å². The Balaban J connectivity index is 1.36. The summed E-state index contributed by atoms with van der Waals surface area (Å²) in [6.45, 7) is 0. The molecule has 0 unspecified atom stereocenters. The maximum Gasteiger partial charge on any atom is 0.311 e. The Morgan fingerprint density at radius 1 is 0.545 bits per heavy atom. The number of hydrogen-bond donors (Lipinski definition) is 0. The average molecular weight is 460 g/mol. The molecule has 0 N–H and O–H groups in total. The molecule has 0 fully saturated rings. The summed E-state index contributed by atoms with van der Waals surface area (Å²) >= 11 is 0. The van der Waals surface area contributed by atoms with Gasteiger partial charge in [-0.3, -0.25) is 9.59 Å². The van der Waals surface area contributed by atoms with Crippen LogP contribution in [0.2, 0.25) is 0 Å². The summed E-state index contributed by atoms with van der Waals surface area (Å²) < 4.78 is 62.6. The van der Waals surface area contributed by atoms with Crippen molar-refractivity contribution in [1.82, 2.24) is 0 Å². The molecule has 33 heavy (non-hydrogen) atoms. The monoisotopic (exact) mass is 460 g/mol. The highest BCUT2D eigenvalue weighted by Crippen LogP contribution is 2.24. The number of hydrogen-bond acceptors (Lipinski definition) is 4. The average Bonchev–Trinajstić information content (AvgIpc) is 2.78. The van der Waals surface area contributed by atoms with Crippen LogP contribution in [0, 0.1) is 23.3 Å². The number of carbonyl (C=O) groups is 2. The second kappa shape index (κ2) is 11.3. The second-order valence-corrected chi connectivity index (χ2v) is 7.24. The number of unbranched alkanes of at least 4 members (excludes halogenated alkanes) is 2. The molecule has 3 aromatic rings. The van der Waals surface area contributed by atoms with E-state index in [4.69, 9.17) is 9.47 Å². The summed E-state index contributed by atoms with van der Waals surface area (Å²) in [5.41, 5.74) is 1.14. The SMILES string of the molecule is O=C(CCCCCC(=O)Oc1ccc(F)c(F)c1)Oc1ccc(-c2ccc(F)c(F)c2)cc1. The minimum absolute atomic E-state index is 0.0689. The van der Waals surface area contributed by atoms with E-state index < -0.39 is 35.2 Å². The van der Waals surface area contributed by atoms with Gasteiger partial charge >= 0.3 is 11.9 Å². The normalized spacial score (nSPS) is 10.7. The van der Waals surface area contributed by atoms with Crippen molar-refractivity contribution in [1.29, 1.82) is 0 Å². The standard InChI is InChI=1S/C25H20F4O4/c26-20-12-8-17(14-22(20)28)16-6-9-18(10-7-16)32-24(30)4-2-1-3-5-25(31)33-19-11-13-21(27)23(29)15-19/h6-15H,1-5H2. The van der Waals surface area contributed by atoms with E-state index in [1.165, 1.54) is 6.07 Å². The van der Waals surface area contributed by atoms with E-state index in [2.05, 4.69) is 0 Å². The second-order valence-electron chi connectivity index (χ2n) is 7.24. The molecule has 0 heterocycles.